The van der Waals surface area contributed by atoms with Crippen molar-refractivity contribution in [2.24, 2.45) is 21.7 Å². The molecule has 0 bridgehead atoms. The molecule has 0 aliphatic carbocycles. The number of nitrogens with zero attached hydrogens (tertiary/aromatic N) is 4. The van der Waals surface area contributed by atoms with Gasteiger partial charge in [0, 0.05) is 12.8 Å². The van der Waals surface area contributed by atoms with Crippen LogP contribution < -0.4 is 20.9 Å². The van der Waals surface area contributed by atoms with Gasteiger partial charge in [-0.3, -0.25) is 0 Å². The van der Waals surface area contributed by atoms with E-state index in [1.807, 2.05) is 60.7 Å². The summed E-state index contributed by atoms with van der Waals surface area (Å²) in [4.78, 5) is 0. The van der Waals surface area contributed by atoms with E-state index in [0.29, 0.717) is 13.2 Å². The lowest BCUT2D eigenvalue weighted by Gasteiger charge is -2.22. The average Bonchev–Trinajstić information content (AvgIpc) is 3.74. The number of unbranched alkanes of at least 4 members (excludes halogenated alkanes) is 1. The van der Waals surface area contributed by atoms with E-state index >= 15 is 0 Å². The van der Waals surface area contributed by atoms with Crippen LogP contribution in [0.25, 0.3) is 0 Å². The second-order valence-electron chi connectivity index (χ2n) is 11.2. The second-order valence-corrected chi connectivity index (χ2v) is 12.0. The Morgan fingerprint density at radius 3 is 1.30 bits per heavy atom. The minimum absolute atomic E-state index is 0.0386. The molecule has 0 radical (unpaired) electrons. The number of hydrogen-bond acceptors (Lipinski definition) is 6. The SMILES string of the molecule is NC(=S)N1N=C(c2ccccc2)CC1c1ccc(OCCCCOc2ccc(C3CC(c4ccccc4)=NN3C(N)=S)cc2)cc1. The molecule has 2 aliphatic rings. The molecule has 0 saturated heterocycles. The number of thiocarbonyl (C=S) groups is 2. The number of benzene rings is 4. The van der Waals surface area contributed by atoms with E-state index in [0.717, 1.165) is 70.9 Å². The van der Waals surface area contributed by atoms with Crippen LogP contribution in [-0.4, -0.2) is 44.9 Å². The molecule has 4 N–H and O–H groups in total. The topological polar surface area (TPSA) is 102 Å². The van der Waals surface area contributed by atoms with Crippen LogP contribution in [0.1, 0.15) is 60.0 Å². The summed E-state index contributed by atoms with van der Waals surface area (Å²) in [5.74, 6) is 1.64. The van der Waals surface area contributed by atoms with Crippen LogP contribution in [0.4, 0.5) is 0 Å². The molecule has 0 fully saturated rings. The van der Waals surface area contributed by atoms with Gasteiger partial charge in [-0.2, -0.15) is 10.2 Å². The molecule has 6 rings (SSSR count). The zero-order valence-corrected chi connectivity index (χ0v) is 27.0. The van der Waals surface area contributed by atoms with Gasteiger partial charge in [0.15, 0.2) is 10.2 Å². The van der Waals surface area contributed by atoms with E-state index in [1.165, 1.54) is 0 Å². The summed E-state index contributed by atoms with van der Waals surface area (Å²) < 4.78 is 12.0. The maximum absolute atomic E-state index is 6.01. The molecule has 0 saturated carbocycles. The van der Waals surface area contributed by atoms with Crippen LogP contribution in [0.15, 0.2) is 119 Å². The molecule has 10 heteroatoms. The van der Waals surface area contributed by atoms with Gasteiger partial charge in [0.05, 0.1) is 36.7 Å². The highest BCUT2D eigenvalue weighted by molar-refractivity contribution is 7.80. The molecule has 2 aliphatic heterocycles. The number of ether oxygens (including phenoxy) is 2. The van der Waals surface area contributed by atoms with Crippen molar-refractivity contribution in [3.05, 3.63) is 131 Å². The summed E-state index contributed by atoms with van der Waals surface area (Å²) in [6, 6.07) is 36.3. The van der Waals surface area contributed by atoms with Gasteiger partial charge in [0.25, 0.3) is 0 Å². The molecule has 4 aromatic rings. The predicted octanol–water partition coefficient (Wildman–Crippen LogP) is 6.71. The van der Waals surface area contributed by atoms with Gasteiger partial charge in [-0.1, -0.05) is 84.9 Å². The van der Waals surface area contributed by atoms with Gasteiger partial charge in [-0.05, 0) is 83.8 Å². The van der Waals surface area contributed by atoms with Crippen molar-refractivity contribution in [2.75, 3.05) is 13.2 Å². The van der Waals surface area contributed by atoms with E-state index in [1.54, 1.807) is 10.0 Å². The lowest BCUT2D eigenvalue weighted by atomic mass is 9.98. The van der Waals surface area contributed by atoms with Crippen molar-refractivity contribution in [2.45, 2.75) is 37.8 Å². The Labute approximate surface area is 280 Å². The van der Waals surface area contributed by atoms with E-state index in [9.17, 15) is 0 Å². The fourth-order valence-electron chi connectivity index (χ4n) is 5.71. The van der Waals surface area contributed by atoms with Gasteiger partial charge in [0.2, 0.25) is 0 Å². The fraction of sp³-hybridized carbons (Fsp3) is 0.222. The zero-order chi connectivity index (χ0) is 31.9. The minimum Gasteiger partial charge on any atom is -0.494 e. The van der Waals surface area contributed by atoms with Crippen molar-refractivity contribution < 1.29 is 9.47 Å². The number of rotatable bonds is 11. The van der Waals surface area contributed by atoms with E-state index in [4.69, 9.17) is 55.6 Å². The molecule has 46 heavy (non-hydrogen) atoms. The smallest absolute Gasteiger partial charge is 0.187 e. The van der Waals surface area contributed by atoms with Crippen LogP contribution >= 0.6 is 24.4 Å². The first-order chi connectivity index (χ1) is 22.5. The van der Waals surface area contributed by atoms with E-state index in [-0.39, 0.29) is 22.3 Å². The summed E-state index contributed by atoms with van der Waals surface area (Å²) in [6.45, 7) is 1.21. The van der Waals surface area contributed by atoms with Gasteiger partial charge >= 0.3 is 0 Å². The van der Waals surface area contributed by atoms with E-state index < -0.39 is 0 Å². The summed E-state index contributed by atoms with van der Waals surface area (Å²) >= 11 is 10.6. The van der Waals surface area contributed by atoms with Gasteiger partial charge in [-0.15, -0.1) is 0 Å². The molecule has 8 nitrogen and oxygen atoms in total. The molecule has 234 valence electrons. The highest BCUT2D eigenvalue weighted by Gasteiger charge is 2.31. The summed E-state index contributed by atoms with van der Waals surface area (Å²) in [7, 11) is 0. The molecule has 2 unspecified atom stereocenters. The second kappa shape index (κ2) is 14.5. The highest BCUT2D eigenvalue weighted by atomic mass is 32.1. The molecule has 0 spiro atoms. The highest BCUT2D eigenvalue weighted by Crippen LogP contribution is 2.34. The molecule has 2 heterocycles. The Morgan fingerprint density at radius 1 is 0.587 bits per heavy atom. The maximum Gasteiger partial charge on any atom is 0.187 e. The first-order valence-corrected chi connectivity index (χ1v) is 16.2. The van der Waals surface area contributed by atoms with Crippen molar-refractivity contribution in [1.29, 1.82) is 0 Å². The van der Waals surface area contributed by atoms with Crippen LogP contribution in [0, 0.1) is 0 Å². The lowest BCUT2D eigenvalue weighted by Crippen LogP contribution is -2.31. The lowest BCUT2D eigenvalue weighted by molar-refractivity contribution is 0.266. The zero-order valence-electron chi connectivity index (χ0n) is 25.4. The minimum atomic E-state index is -0.0386. The fourth-order valence-corrected chi connectivity index (χ4v) is 6.05. The molecule has 0 aromatic heterocycles. The third kappa shape index (κ3) is 7.35. The number of hydrogen-bond donors (Lipinski definition) is 2. The first kappa shape index (κ1) is 31.2. The summed E-state index contributed by atoms with van der Waals surface area (Å²) in [5.41, 5.74) is 18.3. The van der Waals surface area contributed by atoms with Gasteiger partial charge < -0.3 is 20.9 Å². The Hall–Kier alpha value is -4.80. The van der Waals surface area contributed by atoms with Crippen LogP contribution in [0.3, 0.4) is 0 Å². The van der Waals surface area contributed by atoms with Crippen LogP contribution in [0.5, 0.6) is 11.5 Å². The molecule has 2 atom stereocenters. The van der Waals surface area contributed by atoms with Gasteiger partial charge in [0.1, 0.15) is 11.5 Å². The number of hydrazone groups is 2. The van der Waals surface area contributed by atoms with Crippen molar-refractivity contribution in [3.63, 3.8) is 0 Å². The van der Waals surface area contributed by atoms with Crippen molar-refractivity contribution in [3.8, 4) is 11.5 Å². The molecular formula is C36H36N6O2S2. The van der Waals surface area contributed by atoms with E-state index in [2.05, 4.69) is 48.5 Å². The van der Waals surface area contributed by atoms with Gasteiger partial charge in [-0.25, -0.2) is 10.0 Å². The third-order valence-corrected chi connectivity index (χ3v) is 8.47. The summed E-state index contributed by atoms with van der Waals surface area (Å²) in [6.07, 6.45) is 3.20. The quantitative estimate of drug-likeness (QED) is 0.137. The Morgan fingerprint density at radius 2 is 0.957 bits per heavy atom. The molecule has 0 amide bonds. The molecular weight excluding hydrogens is 613 g/mol. The largest absolute Gasteiger partial charge is 0.494 e. The Kier molecular flexibility index (Phi) is 9.85. The normalized spacial score (nSPS) is 17.4. The average molecular weight is 649 g/mol. The Balaban J connectivity index is 0.938. The maximum atomic E-state index is 6.01. The third-order valence-electron chi connectivity index (χ3n) is 8.09. The summed E-state index contributed by atoms with van der Waals surface area (Å²) in [5, 5.41) is 13.4. The monoisotopic (exact) mass is 648 g/mol. The van der Waals surface area contributed by atoms with Crippen LogP contribution in [0.2, 0.25) is 0 Å². The standard InChI is InChI=1S/C36H36N6O2S2/c37-35(45)41-33(23-31(39-41)25-9-3-1-4-10-25)27-13-17-29(18-14-27)43-21-7-8-22-44-30-19-15-28(16-20-30)34-24-32(40-42(34)36(38)46)26-11-5-2-6-12-26/h1-6,9-20,33-34H,7-8,21-24H2,(H2,37,45)(H2,38,46). The number of nitrogens with two attached hydrogens (primary N) is 2. The molecule has 4 aromatic carbocycles. The van der Waals surface area contributed by atoms with Crippen LogP contribution in [-0.2, 0) is 0 Å². The van der Waals surface area contributed by atoms with Crippen molar-refractivity contribution >= 4 is 46.1 Å². The first-order valence-electron chi connectivity index (χ1n) is 15.3. The predicted molar refractivity (Wildman–Crippen MR) is 191 cm³/mol. The Bertz CT molecular complexity index is 1580. The van der Waals surface area contributed by atoms with Crippen molar-refractivity contribution in [1.82, 2.24) is 10.0 Å².